The van der Waals surface area contributed by atoms with E-state index in [1.54, 1.807) is 0 Å². The Balaban J connectivity index is 3.87. The predicted molar refractivity (Wildman–Crippen MR) is 38.5 cm³/mol. The molecule has 0 aromatic rings. The van der Waals surface area contributed by atoms with E-state index in [9.17, 15) is 5.11 Å². The zero-order valence-corrected chi connectivity index (χ0v) is 6.32. The van der Waals surface area contributed by atoms with Crippen molar-refractivity contribution in [2.75, 3.05) is 0 Å². The second-order valence-electron chi connectivity index (χ2n) is 2.54. The lowest BCUT2D eigenvalue weighted by Gasteiger charge is -2.19. The van der Waals surface area contributed by atoms with E-state index in [-0.39, 0.29) is 5.92 Å². The summed E-state index contributed by atoms with van der Waals surface area (Å²) >= 11 is 0. The first-order valence-electron chi connectivity index (χ1n) is 3.24. The van der Waals surface area contributed by atoms with Crippen molar-refractivity contribution in [2.24, 2.45) is 5.92 Å². The molecule has 60 valence electrons. The molecule has 0 saturated carbocycles. The van der Waals surface area contributed by atoms with Gasteiger partial charge in [-0.2, -0.15) is 0 Å². The number of hydrogen-bond acceptors (Lipinski definition) is 3. The summed E-state index contributed by atoms with van der Waals surface area (Å²) in [4.78, 5) is 3.95. The van der Waals surface area contributed by atoms with Gasteiger partial charge in [0.25, 0.3) is 0 Å². The number of rotatable bonds is 4. The average Bonchev–Trinajstić information content (AvgIpc) is 1.90. The lowest BCUT2D eigenvalue weighted by atomic mass is 10.0. The van der Waals surface area contributed by atoms with Crippen molar-refractivity contribution < 1.29 is 15.3 Å². The van der Waals surface area contributed by atoms with Crippen molar-refractivity contribution in [1.82, 2.24) is 0 Å². The lowest BCUT2D eigenvalue weighted by Crippen LogP contribution is -2.30. The Kier molecular flexibility index (Phi) is 4.27. The molecule has 3 nitrogen and oxygen atoms in total. The van der Waals surface area contributed by atoms with Crippen LogP contribution in [-0.2, 0) is 4.89 Å². The third-order valence-electron chi connectivity index (χ3n) is 1.37. The fourth-order valence-corrected chi connectivity index (χ4v) is 0.624. The summed E-state index contributed by atoms with van der Waals surface area (Å²) in [6.07, 6.45) is -0.00694. The average molecular weight is 146 g/mol. The quantitative estimate of drug-likeness (QED) is 0.354. The van der Waals surface area contributed by atoms with E-state index in [1.165, 1.54) is 6.08 Å². The first-order valence-corrected chi connectivity index (χ1v) is 3.24. The van der Waals surface area contributed by atoms with Gasteiger partial charge in [-0.05, 0) is 5.92 Å². The van der Waals surface area contributed by atoms with Crippen LogP contribution in [0.4, 0.5) is 0 Å². The minimum Gasteiger partial charge on any atom is -0.390 e. The SMILES string of the molecule is C=C[C@@H](OO)[C@@H](O)C(C)C. The van der Waals surface area contributed by atoms with Gasteiger partial charge in [-0.1, -0.05) is 19.9 Å². The topological polar surface area (TPSA) is 49.7 Å². The second kappa shape index (κ2) is 4.44. The number of aliphatic hydroxyl groups is 1. The molecule has 0 bridgehead atoms. The molecular weight excluding hydrogens is 132 g/mol. The Labute approximate surface area is 60.9 Å². The summed E-state index contributed by atoms with van der Waals surface area (Å²) in [6, 6.07) is 0. The van der Waals surface area contributed by atoms with Crippen LogP contribution < -0.4 is 0 Å². The van der Waals surface area contributed by atoms with E-state index in [0.717, 1.165) is 0 Å². The predicted octanol–water partition coefficient (Wildman–Crippen LogP) is 1.05. The standard InChI is InChI=1S/C7H14O3/c1-4-6(10-9)7(8)5(2)3/h4-9H,1H2,2-3H3/t6-,7+/m1/s1. The molecule has 0 fully saturated rings. The van der Waals surface area contributed by atoms with Crippen molar-refractivity contribution >= 4 is 0 Å². The largest absolute Gasteiger partial charge is 0.390 e. The van der Waals surface area contributed by atoms with Crippen LogP contribution in [0.2, 0.25) is 0 Å². The summed E-state index contributed by atoms with van der Waals surface area (Å²) in [7, 11) is 0. The van der Waals surface area contributed by atoms with Crippen molar-refractivity contribution in [3.05, 3.63) is 12.7 Å². The van der Waals surface area contributed by atoms with E-state index >= 15 is 0 Å². The van der Waals surface area contributed by atoms with Crippen LogP contribution in [0.5, 0.6) is 0 Å². The van der Waals surface area contributed by atoms with Gasteiger partial charge in [0, 0.05) is 0 Å². The Hall–Kier alpha value is -0.380. The monoisotopic (exact) mass is 146 g/mol. The van der Waals surface area contributed by atoms with Gasteiger partial charge in [0.1, 0.15) is 6.10 Å². The van der Waals surface area contributed by atoms with Crippen LogP contribution in [0.25, 0.3) is 0 Å². The molecule has 0 aliphatic rings. The molecule has 0 saturated heterocycles. The minimum atomic E-state index is -0.692. The molecule has 0 rings (SSSR count). The van der Waals surface area contributed by atoms with Crippen LogP contribution in [0.1, 0.15) is 13.8 Å². The summed E-state index contributed by atoms with van der Waals surface area (Å²) in [6.45, 7) is 7.06. The Morgan fingerprint density at radius 1 is 1.50 bits per heavy atom. The van der Waals surface area contributed by atoms with E-state index < -0.39 is 12.2 Å². The normalized spacial score (nSPS) is 16.9. The highest BCUT2D eigenvalue weighted by molar-refractivity contribution is 4.86. The van der Waals surface area contributed by atoms with Crippen molar-refractivity contribution in [3.8, 4) is 0 Å². The molecule has 2 atom stereocenters. The van der Waals surface area contributed by atoms with Crippen LogP contribution >= 0.6 is 0 Å². The molecular formula is C7H14O3. The first kappa shape index (κ1) is 9.62. The van der Waals surface area contributed by atoms with Gasteiger partial charge in [-0.3, -0.25) is 5.26 Å². The molecule has 3 heteroatoms. The molecule has 0 heterocycles. The van der Waals surface area contributed by atoms with Crippen LogP contribution in [0, 0.1) is 5.92 Å². The van der Waals surface area contributed by atoms with Gasteiger partial charge < -0.3 is 5.11 Å². The molecule has 0 aromatic carbocycles. The molecule has 0 spiro atoms. The smallest absolute Gasteiger partial charge is 0.137 e. The number of hydrogen-bond donors (Lipinski definition) is 2. The first-order chi connectivity index (χ1) is 4.63. The molecule has 0 unspecified atom stereocenters. The van der Waals surface area contributed by atoms with Crippen LogP contribution in [0.15, 0.2) is 12.7 Å². The Bertz CT molecular complexity index is 101. The van der Waals surface area contributed by atoms with E-state index in [0.29, 0.717) is 0 Å². The third-order valence-corrected chi connectivity index (χ3v) is 1.37. The molecule has 0 amide bonds. The fourth-order valence-electron chi connectivity index (χ4n) is 0.624. The molecule has 0 aliphatic carbocycles. The summed E-state index contributed by atoms with van der Waals surface area (Å²) in [5.74, 6) is 0.0511. The lowest BCUT2D eigenvalue weighted by molar-refractivity contribution is -0.286. The van der Waals surface area contributed by atoms with Gasteiger partial charge in [-0.25, -0.2) is 4.89 Å². The summed E-state index contributed by atoms with van der Waals surface area (Å²) in [5.41, 5.74) is 0. The van der Waals surface area contributed by atoms with Crippen molar-refractivity contribution in [3.63, 3.8) is 0 Å². The van der Waals surface area contributed by atoms with E-state index in [1.807, 2.05) is 13.8 Å². The maximum atomic E-state index is 9.23. The fraction of sp³-hybridized carbons (Fsp3) is 0.714. The van der Waals surface area contributed by atoms with Crippen LogP contribution in [0.3, 0.4) is 0 Å². The highest BCUT2D eigenvalue weighted by Gasteiger charge is 2.19. The molecule has 0 aromatic heterocycles. The zero-order chi connectivity index (χ0) is 8.15. The van der Waals surface area contributed by atoms with Crippen molar-refractivity contribution in [1.29, 1.82) is 0 Å². The zero-order valence-electron chi connectivity index (χ0n) is 6.32. The van der Waals surface area contributed by atoms with E-state index in [2.05, 4.69) is 11.5 Å². The molecule has 0 radical (unpaired) electrons. The highest BCUT2D eigenvalue weighted by Crippen LogP contribution is 2.08. The van der Waals surface area contributed by atoms with Gasteiger partial charge in [0.2, 0.25) is 0 Å². The Morgan fingerprint density at radius 2 is 2.00 bits per heavy atom. The molecule has 10 heavy (non-hydrogen) atoms. The third kappa shape index (κ3) is 2.47. The summed E-state index contributed by atoms with van der Waals surface area (Å²) in [5, 5.41) is 17.4. The van der Waals surface area contributed by atoms with Gasteiger partial charge in [-0.15, -0.1) is 6.58 Å². The Morgan fingerprint density at radius 3 is 2.10 bits per heavy atom. The van der Waals surface area contributed by atoms with Crippen molar-refractivity contribution in [2.45, 2.75) is 26.1 Å². The van der Waals surface area contributed by atoms with Gasteiger partial charge in [0.05, 0.1) is 6.10 Å². The molecule has 2 N–H and O–H groups in total. The van der Waals surface area contributed by atoms with E-state index in [4.69, 9.17) is 5.26 Å². The maximum Gasteiger partial charge on any atom is 0.137 e. The second-order valence-corrected chi connectivity index (χ2v) is 2.54. The van der Waals surface area contributed by atoms with Gasteiger partial charge in [0.15, 0.2) is 0 Å². The molecule has 0 aliphatic heterocycles. The van der Waals surface area contributed by atoms with Gasteiger partial charge >= 0.3 is 0 Å². The maximum absolute atomic E-state index is 9.23. The highest BCUT2D eigenvalue weighted by atomic mass is 17.1. The number of aliphatic hydroxyl groups excluding tert-OH is 1. The van der Waals surface area contributed by atoms with Crippen LogP contribution in [-0.4, -0.2) is 22.6 Å². The minimum absolute atomic E-state index is 0.0511. The summed E-state index contributed by atoms with van der Waals surface area (Å²) < 4.78 is 0.